The normalized spacial score (nSPS) is 16.2. The second-order valence-corrected chi connectivity index (χ2v) is 7.46. The maximum absolute atomic E-state index is 13.8. The number of nitrogens with one attached hydrogen (secondary N) is 2. The number of carbonyl (C=O) groups is 1. The van der Waals surface area contributed by atoms with E-state index in [1.165, 1.54) is 36.9 Å². The number of fused-ring (bicyclic) bond motifs is 1. The van der Waals surface area contributed by atoms with Crippen LogP contribution in [0.2, 0.25) is 0 Å². The van der Waals surface area contributed by atoms with Gasteiger partial charge >= 0.3 is 0 Å². The highest BCUT2D eigenvalue weighted by Gasteiger charge is 2.22. The standard InChI is InChI=1S/C19H19FN4O4S/c1-10-15-17(21-9-22-19(15)29-16(10)18(25)24-26-2)23-13-4-3-11(20)7-14(13)28-12-5-6-27-8-12/h3-4,7,9,12H,5-6,8H2,1-2H3,(H,24,25)(H,21,22,23). The van der Waals surface area contributed by atoms with Gasteiger partial charge in [0.15, 0.2) is 0 Å². The van der Waals surface area contributed by atoms with Crippen molar-refractivity contribution in [2.24, 2.45) is 0 Å². The summed E-state index contributed by atoms with van der Waals surface area (Å²) in [5, 5.41) is 3.91. The molecule has 1 fully saturated rings. The fraction of sp³-hybridized carbons (Fsp3) is 0.316. The van der Waals surface area contributed by atoms with Gasteiger partial charge in [0.05, 0.1) is 36.3 Å². The molecule has 10 heteroatoms. The molecule has 2 aromatic heterocycles. The topological polar surface area (TPSA) is 94.6 Å². The Hall–Kier alpha value is -2.82. The van der Waals surface area contributed by atoms with E-state index in [-0.39, 0.29) is 12.0 Å². The van der Waals surface area contributed by atoms with Gasteiger partial charge in [0.2, 0.25) is 0 Å². The lowest BCUT2D eigenvalue weighted by Gasteiger charge is -2.17. The van der Waals surface area contributed by atoms with E-state index in [2.05, 4.69) is 20.8 Å². The molecule has 1 unspecified atom stereocenters. The number of amides is 1. The van der Waals surface area contributed by atoms with Crippen LogP contribution < -0.4 is 15.5 Å². The number of thiophene rings is 1. The van der Waals surface area contributed by atoms with Crippen molar-refractivity contribution in [1.29, 1.82) is 0 Å². The number of halogens is 1. The van der Waals surface area contributed by atoms with Gasteiger partial charge in [-0.2, -0.15) is 0 Å². The Bertz CT molecular complexity index is 1050. The Kier molecular flexibility index (Phi) is 5.56. The molecule has 152 valence electrons. The van der Waals surface area contributed by atoms with Crippen molar-refractivity contribution in [3.05, 3.63) is 40.8 Å². The number of aryl methyl sites for hydroxylation is 1. The van der Waals surface area contributed by atoms with E-state index in [0.29, 0.717) is 45.6 Å². The molecule has 3 aromatic rings. The SMILES string of the molecule is CONC(=O)c1sc2ncnc(Nc3ccc(F)cc3OC3CCOC3)c2c1C. The lowest BCUT2D eigenvalue weighted by Crippen LogP contribution is -2.21. The third-order valence-corrected chi connectivity index (χ3v) is 5.70. The van der Waals surface area contributed by atoms with E-state index in [9.17, 15) is 9.18 Å². The Balaban J connectivity index is 1.70. The van der Waals surface area contributed by atoms with Crippen molar-refractivity contribution in [2.45, 2.75) is 19.4 Å². The number of nitrogens with zero attached hydrogens (tertiary/aromatic N) is 2. The molecule has 1 aliphatic heterocycles. The maximum Gasteiger partial charge on any atom is 0.285 e. The molecule has 4 rings (SSSR count). The van der Waals surface area contributed by atoms with Gasteiger partial charge in [0.1, 0.15) is 34.6 Å². The molecule has 0 spiro atoms. The van der Waals surface area contributed by atoms with Gasteiger partial charge in [0, 0.05) is 12.5 Å². The lowest BCUT2D eigenvalue weighted by atomic mass is 10.2. The quantitative estimate of drug-likeness (QED) is 0.593. The predicted molar refractivity (Wildman–Crippen MR) is 106 cm³/mol. The van der Waals surface area contributed by atoms with Crippen molar-refractivity contribution in [3.8, 4) is 5.75 Å². The lowest BCUT2D eigenvalue weighted by molar-refractivity contribution is 0.0541. The molecule has 0 saturated carbocycles. The van der Waals surface area contributed by atoms with Crippen LogP contribution in [0.25, 0.3) is 10.2 Å². The highest BCUT2D eigenvalue weighted by atomic mass is 32.1. The van der Waals surface area contributed by atoms with Crippen molar-refractivity contribution < 1.29 is 23.5 Å². The molecule has 29 heavy (non-hydrogen) atoms. The number of aromatic nitrogens is 2. The van der Waals surface area contributed by atoms with E-state index < -0.39 is 5.82 Å². The van der Waals surface area contributed by atoms with Crippen LogP contribution in [0.15, 0.2) is 24.5 Å². The number of hydrogen-bond acceptors (Lipinski definition) is 8. The van der Waals surface area contributed by atoms with Crippen LogP contribution in [0.1, 0.15) is 21.7 Å². The van der Waals surface area contributed by atoms with Crippen LogP contribution in [0.5, 0.6) is 5.75 Å². The van der Waals surface area contributed by atoms with Crippen LogP contribution in [0.3, 0.4) is 0 Å². The zero-order chi connectivity index (χ0) is 20.4. The van der Waals surface area contributed by atoms with Crippen molar-refractivity contribution in [3.63, 3.8) is 0 Å². The summed E-state index contributed by atoms with van der Waals surface area (Å²) in [5.74, 6) is 0.116. The first-order chi connectivity index (χ1) is 14.1. The van der Waals surface area contributed by atoms with Gasteiger partial charge in [-0.25, -0.2) is 19.8 Å². The second kappa shape index (κ2) is 8.27. The second-order valence-electron chi connectivity index (χ2n) is 6.46. The fourth-order valence-electron chi connectivity index (χ4n) is 3.13. The average Bonchev–Trinajstić information content (AvgIpc) is 3.32. The number of ether oxygens (including phenoxy) is 2. The molecule has 1 aromatic carbocycles. The minimum absolute atomic E-state index is 0.130. The van der Waals surface area contributed by atoms with Crippen LogP contribution >= 0.6 is 11.3 Å². The Morgan fingerprint density at radius 1 is 1.38 bits per heavy atom. The predicted octanol–water partition coefficient (Wildman–Crippen LogP) is 3.34. The Labute approximate surface area is 170 Å². The zero-order valence-electron chi connectivity index (χ0n) is 15.8. The fourth-order valence-corrected chi connectivity index (χ4v) is 4.17. The monoisotopic (exact) mass is 418 g/mol. The summed E-state index contributed by atoms with van der Waals surface area (Å²) in [7, 11) is 1.37. The van der Waals surface area contributed by atoms with E-state index in [0.717, 1.165) is 12.0 Å². The molecule has 1 saturated heterocycles. The van der Waals surface area contributed by atoms with E-state index in [1.54, 1.807) is 6.07 Å². The molecular weight excluding hydrogens is 399 g/mol. The summed E-state index contributed by atoms with van der Waals surface area (Å²) >= 11 is 1.24. The number of rotatable bonds is 6. The zero-order valence-corrected chi connectivity index (χ0v) is 16.6. The molecule has 1 amide bonds. The molecule has 8 nitrogen and oxygen atoms in total. The molecule has 3 heterocycles. The van der Waals surface area contributed by atoms with Crippen molar-refractivity contribution in [2.75, 3.05) is 25.6 Å². The van der Waals surface area contributed by atoms with Gasteiger partial charge in [0.25, 0.3) is 5.91 Å². The van der Waals surface area contributed by atoms with Crippen molar-refractivity contribution in [1.82, 2.24) is 15.4 Å². The van der Waals surface area contributed by atoms with E-state index in [4.69, 9.17) is 14.3 Å². The van der Waals surface area contributed by atoms with Crippen LogP contribution in [-0.4, -0.2) is 42.3 Å². The summed E-state index contributed by atoms with van der Waals surface area (Å²) in [5.41, 5.74) is 3.60. The summed E-state index contributed by atoms with van der Waals surface area (Å²) in [6, 6.07) is 4.27. The highest BCUT2D eigenvalue weighted by molar-refractivity contribution is 7.20. The molecule has 0 aliphatic carbocycles. The first-order valence-corrected chi connectivity index (χ1v) is 9.77. The molecule has 0 radical (unpaired) electrons. The van der Waals surface area contributed by atoms with Crippen LogP contribution in [0.4, 0.5) is 15.9 Å². The van der Waals surface area contributed by atoms with Gasteiger partial charge in [-0.05, 0) is 24.6 Å². The summed E-state index contributed by atoms with van der Waals surface area (Å²) in [6.07, 6.45) is 2.03. The summed E-state index contributed by atoms with van der Waals surface area (Å²) in [4.78, 5) is 26.7. The molecule has 2 N–H and O–H groups in total. The molecule has 1 atom stereocenters. The number of anilines is 2. The number of carbonyl (C=O) groups excluding carboxylic acids is 1. The molecule has 1 aliphatic rings. The van der Waals surface area contributed by atoms with Crippen LogP contribution in [-0.2, 0) is 9.57 Å². The molecular formula is C19H19FN4O4S. The van der Waals surface area contributed by atoms with Crippen LogP contribution in [0, 0.1) is 12.7 Å². The van der Waals surface area contributed by atoms with Gasteiger partial charge < -0.3 is 14.8 Å². The smallest absolute Gasteiger partial charge is 0.285 e. The minimum atomic E-state index is -0.400. The largest absolute Gasteiger partial charge is 0.486 e. The van der Waals surface area contributed by atoms with Crippen molar-refractivity contribution >= 4 is 39.0 Å². The maximum atomic E-state index is 13.8. The van der Waals surface area contributed by atoms with E-state index in [1.807, 2.05) is 6.92 Å². The first kappa shape index (κ1) is 19.5. The van der Waals surface area contributed by atoms with Gasteiger partial charge in [-0.15, -0.1) is 11.3 Å². The third-order valence-electron chi connectivity index (χ3n) is 4.51. The number of hydroxylamine groups is 1. The van der Waals surface area contributed by atoms with Gasteiger partial charge in [-0.1, -0.05) is 0 Å². The number of benzene rings is 1. The Morgan fingerprint density at radius 2 is 2.24 bits per heavy atom. The van der Waals surface area contributed by atoms with E-state index >= 15 is 0 Å². The summed E-state index contributed by atoms with van der Waals surface area (Å²) in [6.45, 7) is 2.90. The minimum Gasteiger partial charge on any atom is -0.486 e. The number of hydrogen-bond donors (Lipinski definition) is 2. The molecule has 0 bridgehead atoms. The summed E-state index contributed by atoms with van der Waals surface area (Å²) < 4.78 is 25.1. The third kappa shape index (κ3) is 4.00. The first-order valence-electron chi connectivity index (χ1n) is 8.95. The highest BCUT2D eigenvalue weighted by Crippen LogP contribution is 2.36. The average molecular weight is 418 g/mol. The Morgan fingerprint density at radius 3 is 3.00 bits per heavy atom. The van der Waals surface area contributed by atoms with Gasteiger partial charge in [-0.3, -0.25) is 9.63 Å².